The lowest BCUT2D eigenvalue weighted by atomic mass is 10.1. The molecular weight excluding hydrogens is 427 g/mol. The molecule has 6 nitrogen and oxygen atoms in total. The van der Waals surface area contributed by atoms with Crippen molar-refractivity contribution in [3.05, 3.63) is 81.8 Å². The van der Waals surface area contributed by atoms with Crippen molar-refractivity contribution in [2.24, 2.45) is 0 Å². The van der Waals surface area contributed by atoms with Gasteiger partial charge in [0.15, 0.2) is 0 Å². The minimum atomic E-state index is -0.409. The Morgan fingerprint density at radius 1 is 0.767 bits per heavy atom. The van der Waals surface area contributed by atoms with Crippen molar-refractivity contribution in [1.29, 1.82) is 0 Å². The predicted octanol–water partition coefficient (Wildman–Crippen LogP) is 5.52. The third-order valence-corrected chi connectivity index (χ3v) is 4.76. The number of hydrogen-bond acceptors (Lipinski definition) is 4. The molecule has 154 valence electrons. The third kappa shape index (κ3) is 4.84. The Balaban J connectivity index is 1.79. The molecule has 8 heteroatoms. The lowest BCUT2D eigenvalue weighted by Crippen LogP contribution is -2.15. The fraction of sp³-hybridized carbons (Fsp3) is 0.0909. The molecule has 0 aliphatic carbocycles. The number of nitrogens with one attached hydrogen (secondary N) is 2. The van der Waals surface area contributed by atoms with E-state index in [2.05, 4.69) is 10.6 Å². The van der Waals surface area contributed by atoms with Crippen molar-refractivity contribution in [3.63, 3.8) is 0 Å². The highest BCUT2D eigenvalue weighted by molar-refractivity contribution is 6.37. The first-order valence-corrected chi connectivity index (χ1v) is 9.57. The van der Waals surface area contributed by atoms with Crippen LogP contribution >= 0.6 is 23.2 Å². The summed E-state index contributed by atoms with van der Waals surface area (Å²) < 4.78 is 10.5. The van der Waals surface area contributed by atoms with Crippen LogP contribution in [0.15, 0.2) is 60.7 Å². The number of methoxy groups -OCH3 is 2. The molecule has 0 atom stereocenters. The Kier molecular flexibility index (Phi) is 6.82. The van der Waals surface area contributed by atoms with Crippen LogP contribution in [-0.2, 0) is 0 Å². The Morgan fingerprint density at radius 2 is 1.33 bits per heavy atom. The van der Waals surface area contributed by atoms with Crippen LogP contribution in [0.5, 0.6) is 11.5 Å². The fourth-order valence-corrected chi connectivity index (χ4v) is 3.31. The lowest BCUT2D eigenvalue weighted by molar-refractivity contribution is 0.101. The number of benzene rings is 3. The molecule has 0 bridgehead atoms. The first-order chi connectivity index (χ1) is 14.4. The van der Waals surface area contributed by atoms with Crippen LogP contribution in [0.25, 0.3) is 0 Å². The number of carbonyl (C=O) groups excluding carboxylic acids is 2. The summed E-state index contributed by atoms with van der Waals surface area (Å²) in [5.74, 6) is -0.0394. The molecule has 3 aromatic rings. The van der Waals surface area contributed by atoms with E-state index in [4.69, 9.17) is 32.7 Å². The molecule has 3 aromatic carbocycles. The Morgan fingerprint density at radius 3 is 1.90 bits per heavy atom. The largest absolute Gasteiger partial charge is 0.496 e. The fourth-order valence-electron chi connectivity index (χ4n) is 2.82. The minimum Gasteiger partial charge on any atom is -0.496 e. The highest BCUT2D eigenvalue weighted by Crippen LogP contribution is 2.29. The Bertz CT molecular complexity index is 1080. The van der Waals surface area contributed by atoms with Crippen LogP contribution in [-0.4, -0.2) is 26.0 Å². The third-order valence-electron chi connectivity index (χ3n) is 4.21. The van der Waals surface area contributed by atoms with Gasteiger partial charge >= 0.3 is 0 Å². The Labute approximate surface area is 183 Å². The molecule has 0 spiro atoms. The zero-order chi connectivity index (χ0) is 21.7. The van der Waals surface area contributed by atoms with Crippen molar-refractivity contribution in [2.45, 2.75) is 0 Å². The van der Waals surface area contributed by atoms with Gasteiger partial charge in [0.25, 0.3) is 11.8 Å². The van der Waals surface area contributed by atoms with Crippen LogP contribution in [0.3, 0.4) is 0 Å². The average molecular weight is 445 g/mol. The van der Waals surface area contributed by atoms with E-state index in [1.807, 2.05) is 0 Å². The molecular formula is C22H18Cl2N2O4. The van der Waals surface area contributed by atoms with Crippen molar-refractivity contribution in [2.75, 3.05) is 24.9 Å². The lowest BCUT2D eigenvalue weighted by Gasteiger charge is -2.14. The standard InChI is InChI=1S/C22H18Cl2N2O4/c1-29-18-7-4-8-19(30-2)20(18)22(28)26-15-6-3-5-14(12-15)25-21(27)16-10-9-13(23)11-17(16)24/h3-12H,1-2H3,(H,25,27)(H,26,28). The van der Waals surface area contributed by atoms with Gasteiger partial charge in [0, 0.05) is 16.4 Å². The SMILES string of the molecule is COc1cccc(OC)c1C(=O)Nc1cccc(NC(=O)c2ccc(Cl)cc2Cl)c1. The summed E-state index contributed by atoms with van der Waals surface area (Å²) in [6.45, 7) is 0. The molecule has 0 radical (unpaired) electrons. The van der Waals surface area contributed by atoms with Gasteiger partial charge in [0.1, 0.15) is 17.1 Å². The van der Waals surface area contributed by atoms with E-state index in [1.54, 1.807) is 54.6 Å². The second-order valence-electron chi connectivity index (χ2n) is 6.15. The van der Waals surface area contributed by atoms with Crippen molar-refractivity contribution < 1.29 is 19.1 Å². The maximum absolute atomic E-state index is 12.8. The average Bonchev–Trinajstić information content (AvgIpc) is 2.73. The van der Waals surface area contributed by atoms with Gasteiger partial charge in [-0.2, -0.15) is 0 Å². The molecule has 0 saturated carbocycles. The van der Waals surface area contributed by atoms with E-state index in [0.717, 1.165) is 0 Å². The quantitative estimate of drug-likeness (QED) is 0.524. The second kappa shape index (κ2) is 9.52. The maximum atomic E-state index is 12.8. The number of halogens is 2. The maximum Gasteiger partial charge on any atom is 0.263 e. The molecule has 3 rings (SSSR count). The van der Waals surface area contributed by atoms with Crippen molar-refractivity contribution >= 4 is 46.4 Å². The molecule has 0 heterocycles. The summed E-state index contributed by atoms with van der Waals surface area (Å²) in [7, 11) is 2.95. The number of amides is 2. The van der Waals surface area contributed by atoms with E-state index in [-0.39, 0.29) is 16.1 Å². The smallest absolute Gasteiger partial charge is 0.263 e. The van der Waals surface area contributed by atoms with Gasteiger partial charge in [-0.15, -0.1) is 0 Å². The van der Waals surface area contributed by atoms with E-state index in [0.29, 0.717) is 27.9 Å². The number of rotatable bonds is 6. The molecule has 0 fully saturated rings. The van der Waals surface area contributed by atoms with Crippen LogP contribution in [0.1, 0.15) is 20.7 Å². The minimum absolute atomic E-state index is 0.243. The normalized spacial score (nSPS) is 10.3. The number of carbonyl (C=O) groups is 2. The van der Waals surface area contributed by atoms with Gasteiger partial charge < -0.3 is 20.1 Å². The van der Waals surface area contributed by atoms with Crippen molar-refractivity contribution in [3.8, 4) is 11.5 Å². The molecule has 2 N–H and O–H groups in total. The molecule has 30 heavy (non-hydrogen) atoms. The molecule has 0 aliphatic heterocycles. The van der Waals surface area contributed by atoms with Crippen LogP contribution in [0.2, 0.25) is 10.0 Å². The zero-order valence-corrected chi connectivity index (χ0v) is 17.7. The van der Waals surface area contributed by atoms with Gasteiger partial charge in [-0.3, -0.25) is 9.59 Å². The summed E-state index contributed by atoms with van der Waals surface area (Å²) in [5.41, 5.74) is 1.52. The monoisotopic (exact) mass is 444 g/mol. The van der Waals surface area contributed by atoms with Crippen molar-refractivity contribution in [1.82, 2.24) is 0 Å². The summed E-state index contributed by atoms with van der Waals surface area (Å²) in [6.07, 6.45) is 0. The topological polar surface area (TPSA) is 76.7 Å². The van der Waals surface area contributed by atoms with E-state index in [1.165, 1.54) is 20.3 Å². The number of ether oxygens (including phenoxy) is 2. The molecule has 2 amide bonds. The van der Waals surface area contributed by atoms with E-state index >= 15 is 0 Å². The number of anilines is 2. The molecule has 0 aliphatic rings. The predicted molar refractivity (Wildman–Crippen MR) is 118 cm³/mol. The molecule has 0 unspecified atom stereocenters. The van der Waals surface area contributed by atoms with E-state index in [9.17, 15) is 9.59 Å². The van der Waals surface area contributed by atoms with Crippen LogP contribution < -0.4 is 20.1 Å². The highest BCUT2D eigenvalue weighted by atomic mass is 35.5. The van der Waals surface area contributed by atoms with E-state index < -0.39 is 11.8 Å². The summed E-state index contributed by atoms with van der Waals surface area (Å²) >= 11 is 12.0. The van der Waals surface area contributed by atoms with Gasteiger partial charge in [-0.05, 0) is 48.5 Å². The first kappa shape index (κ1) is 21.5. The first-order valence-electron chi connectivity index (χ1n) is 8.81. The zero-order valence-electron chi connectivity index (χ0n) is 16.2. The summed E-state index contributed by atoms with van der Waals surface area (Å²) in [6, 6.07) is 16.4. The van der Waals surface area contributed by atoms with Gasteiger partial charge in [-0.1, -0.05) is 35.3 Å². The molecule has 0 aromatic heterocycles. The highest BCUT2D eigenvalue weighted by Gasteiger charge is 2.18. The van der Waals surface area contributed by atoms with Gasteiger partial charge in [0.05, 0.1) is 24.8 Å². The van der Waals surface area contributed by atoms with Crippen LogP contribution in [0.4, 0.5) is 11.4 Å². The Hall–Kier alpha value is -3.22. The number of hydrogen-bond donors (Lipinski definition) is 2. The summed E-state index contributed by atoms with van der Waals surface area (Å²) in [4.78, 5) is 25.3. The van der Waals surface area contributed by atoms with Crippen LogP contribution in [0, 0.1) is 0 Å². The van der Waals surface area contributed by atoms with Gasteiger partial charge in [0.2, 0.25) is 0 Å². The van der Waals surface area contributed by atoms with Gasteiger partial charge in [-0.25, -0.2) is 0 Å². The molecule has 0 saturated heterocycles. The second-order valence-corrected chi connectivity index (χ2v) is 6.99. The summed E-state index contributed by atoms with van der Waals surface area (Å²) in [5, 5.41) is 6.22.